The fourth-order valence-electron chi connectivity index (χ4n) is 0.613. The van der Waals surface area contributed by atoms with E-state index in [1.54, 1.807) is 7.11 Å². The normalized spacial score (nSPS) is 12.7. The summed E-state index contributed by atoms with van der Waals surface area (Å²) in [5.41, 5.74) is 0. The van der Waals surface area contributed by atoms with Gasteiger partial charge >= 0.3 is 0 Å². The SMILES string of the molecule is COCC(CBr)NC(C)=O. The first-order valence-corrected chi connectivity index (χ1v) is 4.14. The van der Waals surface area contributed by atoms with Crippen LogP contribution in [0.25, 0.3) is 0 Å². The van der Waals surface area contributed by atoms with Crippen LogP contribution in [0.2, 0.25) is 0 Å². The lowest BCUT2D eigenvalue weighted by Gasteiger charge is -2.12. The van der Waals surface area contributed by atoms with Crippen molar-refractivity contribution in [2.75, 3.05) is 19.0 Å². The van der Waals surface area contributed by atoms with Crippen molar-refractivity contribution < 1.29 is 9.53 Å². The van der Waals surface area contributed by atoms with E-state index < -0.39 is 0 Å². The number of methoxy groups -OCH3 is 1. The quantitative estimate of drug-likeness (QED) is 0.687. The average Bonchev–Trinajstić information content (AvgIpc) is 1.86. The Morgan fingerprint density at radius 1 is 1.80 bits per heavy atom. The van der Waals surface area contributed by atoms with Crippen LogP contribution in [0.4, 0.5) is 0 Å². The third-order valence-electron chi connectivity index (χ3n) is 0.961. The Hall–Kier alpha value is -0.0900. The van der Waals surface area contributed by atoms with Crippen LogP contribution in [0.5, 0.6) is 0 Å². The number of carbonyl (C=O) groups excluding carboxylic acids is 1. The third-order valence-corrected chi connectivity index (χ3v) is 1.74. The Balaban J connectivity index is 3.49. The molecule has 1 amide bonds. The zero-order valence-electron chi connectivity index (χ0n) is 6.19. The minimum atomic E-state index is -0.0264. The van der Waals surface area contributed by atoms with Crippen LogP contribution in [0.15, 0.2) is 0 Å². The van der Waals surface area contributed by atoms with Crippen molar-refractivity contribution in [1.29, 1.82) is 0 Å². The highest BCUT2D eigenvalue weighted by molar-refractivity contribution is 9.09. The summed E-state index contributed by atoms with van der Waals surface area (Å²) in [6.45, 7) is 2.04. The molecule has 1 atom stereocenters. The van der Waals surface area contributed by atoms with Gasteiger partial charge in [0.1, 0.15) is 0 Å². The van der Waals surface area contributed by atoms with Crippen LogP contribution in [0, 0.1) is 0 Å². The van der Waals surface area contributed by atoms with E-state index in [2.05, 4.69) is 21.2 Å². The predicted octanol–water partition coefficient (Wildman–Crippen LogP) is 0.532. The summed E-state index contributed by atoms with van der Waals surface area (Å²) in [6.07, 6.45) is 0. The Morgan fingerprint density at radius 2 is 2.40 bits per heavy atom. The van der Waals surface area contributed by atoms with E-state index in [-0.39, 0.29) is 11.9 Å². The number of amides is 1. The maximum atomic E-state index is 10.5. The molecule has 0 aliphatic rings. The molecule has 0 spiro atoms. The third kappa shape index (κ3) is 4.76. The summed E-state index contributed by atoms with van der Waals surface area (Å²) >= 11 is 3.25. The van der Waals surface area contributed by atoms with Gasteiger partial charge < -0.3 is 10.1 Å². The molecule has 1 N–H and O–H groups in total. The van der Waals surface area contributed by atoms with Gasteiger partial charge in [-0.15, -0.1) is 0 Å². The van der Waals surface area contributed by atoms with Crippen LogP contribution >= 0.6 is 15.9 Å². The van der Waals surface area contributed by atoms with Crippen molar-refractivity contribution in [3.63, 3.8) is 0 Å². The second-order valence-electron chi connectivity index (χ2n) is 2.01. The van der Waals surface area contributed by atoms with Crippen LogP contribution in [-0.2, 0) is 9.53 Å². The van der Waals surface area contributed by atoms with Crippen LogP contribution < -0.4 is 5.32 Å². The van der Waals surface area contributed by atoms with E-state index >= 15 is 0 Å². The molecule has 10 heavy (non-hydrogen) atoms. The molecule has 0 rings (SSSR count). The molecule has 0 aliphatic heterocycles. The lowest BCUT2D eigenvalue weighted by atomic mass is 10.3. The first kappa shape index (κ1) is 9.91. The molecule has 60 valence electrons. The van der Waals surface area contributed by atoms with Crippen LogP contribution in [-0.4, -0.2) is 31.0 Å². The summed E-state index contributed by atoms with van der Waals surface area (Å²) in [5, 5.41) is 3.44. The molecular weight excluding hydrogens is 198 g/mol. The van der Waals surface area contributed by atoms with Gasteiger partial charge in [0.2, 0.25) is 5.91 Å². The minimum Gasteiger partial charge on any atom is -0.383 e. The van der Waals surface area contributed by atoms with Gasteiger partial charge in [0.15, 0.2) is 0 Å². The lowest BCUT2D eigenvalue weighted by molar-refractivity contribution is -0.119. The second kappa shape index (κ2) is 5.68. The number of carbonyl (C=O) groups is 1. The Morgan fingerprint density at radius 3 is 2.70 bits per heavy atom. The fourth-order valence-corrected chi connectivity index (χ4v) is 0.962. The zero-order chi connectivity index (χ0) is 7.98. The number of alkyl halides is 1. The molecule has 1 unspecified atom stereocenters. The number of ether oxygens (including phenoxy) is 1. The average molecular weight is 210 g/mol. The van der Waals surface area contributed by atoms with Crippen LogP contribution in [0.3, 0.4) is 0 Å². The summed E-state index contributed by atoms with van der Waals surface area (Å²) < 4.78 is 4.85. The zero-order valence-corrected chi connectivity index (χ0v) is 7.77. The second-order valence-corrected chi connectivity index (χ2v) is 2.65. The van der Waals surface area contributed by atoms with Gasteiger partial charge in [-0.05, 0) is 0 Å². The Kier molecular flexibility index (Phi) is 5.63. The van der Waals surface area contributed by atoms with Gasteiger partial charge in [-0.1, -0.05) is 15.9 Å². The van der Waals surface area contributed by atoms with Gasteiger partial charge in [0.25, 0.3) is 0 Å². The van der Waals surface area contributed by atoms with Crippen molar-refractivity contribution in [3.8, 4) is 0 Å². The molecule has 4 heteroatoms. The van der Waals surface area contributed by atoms with Gasteiger partial charge in [-0.3, -0.25) is 4.79 Å². The van der Waals surface area contributed by atoms with E-state index in [1.807, 2.05) is 0 Å². The van der Waals surface area contributed by atoms with Crippen molar-refractivity contribution in [2.45, 2.75) is 13.0 Å². The Labute approximate surface area is 69.3 Å². The maximum Gasteiger partial charge on any atom is 0.217 e. The topological polar surface area (TPSA) is 38.3 Å². The van der Waals surface area contributed by atoms with Crippen molar-refractivity contribution in [3.05, 3.63) is 0 Å². The molecule has 0 aromatic carbocycles. The van der Waals surface area contributed by atoms with Gasteiger partial charge in [-0.25, -0.2) is 0 Å². The van der Waals surface area contributed by atoms with E-state index in [9.17, 15) is 4.79 Å². The number of hydrogen-bond acceptors (Lipinski definition) is 2. The summed E-state index contributed by atoms with van der Waals surface area (Å²) in [7, 11) is 1.61. The molecule has 0 fully saturated rings. The van der Waals surface area contributed by atoms with Crippen molar-refractivity contribution >= 4 is 21.8 Å². The smallest absolute Gasteiger partial charge is 0.217 e. The molecule has 0 aromatic heterocycles. The highest BCUT2D eigenvalue weighted by Crippen LogP contribution is 1.90. The number of rotatable bonds is 4. The summed E-state index contributed by atoms with van der Waals surface area (Å²) in [5.74, 6) is -0.0264. The summed E-state index contributed by atoms with van der Waals surface area (Å²) in [6, 6.07) is 0.0856. The molecule has 0 saturated carbocycles. The standard InChI is InChI=1S/C6H12BrNO2/c1-5(9)8-6(3-7)4-10-2/h6H,3-4H2,1-2H3,(H,8,9). The van der Waals surface area contributed by atoms with Gasteiger partial charge in [0, 0.05) is 19.4 Å². The lowest BCUT2D eigenvalue weighted by Crippen LogP contribution is -2.37. The Bertz CT molecular complexity index is 108. The van der Waals surface area contributed by atoms with Gasteiger partial charge in [-0.2, -0.15) is 0 Å². The summed E-state index contributed by atoms with van der Waals surface area (Å²) in [4.78, 5) is 10.5. The first-order valence-electron chi connectivity index (χ1n) is 3.02. The minimum absolute atomic E-state index is 0.0264. The fraction of sp³-hybridized carbons (Fsp3) is 0.833. The number of hydrogen-bond donors (Lipinski definition) is 1. The van der Waals surface area contributed by atoms with Gasteiger partial charge in [0.05, 0.1) is 12.6 Å². The van der Waals surface area contributed by atoms with E-state index in [0.29, 0.717) is 6.61 Å². The molecule has 0 radical (unpaired) electrons. The highest BCUT2D eigenvalue weighted by atomic mass is 79.9. The van der Waals surface area contributed by atoms with E-state index in [4.69, 9.17) is 4.74 Å². The number of halogens is 1. The first-order chi connectivity index (χ1) is 4.70. The molecule has 0 aromatic rings. The maximum absolute atomic E-state index is 10.5. The van der Waals surface area contributed by atoms with Crippen molar-refractivity contribution in [2.24, 2.45) is 0 Å². The molecule has 0 aliphatic carbocycles. The van der Waals surface area contributed by atoms with Crippen molar-refractivity contribution in [1.82, 2.24) is 5.32 Å². The van der Waals surface area contributed by atoms with E-state index in [0.717, 1.165) is 5.33 Å². The highest BCUT2D eigenvalue weighted by Gasteiger charge is 2.05. The monoisotopic (exact) mass is 209 g/mol. The molecule has 0 saturated heterocycles. The van der Waals surface area contributed by atoms with Crippen LogP contribution in [0.1, 0.15) is 6.92 Å². The predicted molar refractivity (Wildman–Crippen MR) is 43.3 cm³/mol. The largest absolute Gasteiger partial charge is 0.383 e. The molecule has 0 heterocycles. The molecule has 0 bridgehead atoms. The molecular formula is C6H12BrNO2. The molecule has 3 nitrogen and oxygen atoms in total. The number of nitrogens with one attached hydrogen (secondary N) is 1. The van der Waals surface area contributed by atoms with E-state index in [1.165, 1.54) is 6.92 Å².